The molecular weight excluding hydrogens is 418 g/mol. The maximum atomic E-state index is 12.3. The monoisotopic (exact) mass is 453 g/mol. The highest BCUT2D eigenvalue weighted by molar-refractivity contribution is 5.90. The summed E-state index contributed by atoms with van der Waals surface area (Å²) in [4.78, 5) is 26.7. The van der Waals surface area contributed by atoms with E-state index in [9.17, 15) is 9.59 Å². The van der Waals surface area contributed by atoms with Gasteiger partial charge >= 0.3 is 0 Å². The number of hydrogen-bond donors (Lipinski definition) is 2. The fourth-order valence-corrected chi connectivity index (χ4v) is 3.57. The summed E-state index contributed by atoms with van der Waals surface area (Å²) >= 11 is 0. The summed E-state index contributed by atoms with van der Waals surface area (Å²) in [5, 5.41) is 5.85. The van der Waals surface area contributed by atoms with E-state index in [4.69, 9.17) is 9.47 Å². The molecule has 0 bridgehead atoms. The van der Waals surface area contributed by atoms with Crippen LogP contribution >= 0.6 is 0 Å². The molecule has 7 nitrogen and oxygen atoms in total. The third-order valence-electron chi connectivity index (χ3n) is 5.60. The van der Waals surface area contributed by atoms with E-state index in [1.54, 1.807) is 0 Å². The van der Waals surface area contributed by atoms with Crippen LogP contribution < -0.4 is 15.4 Å². The van der Waals surface area contributed by atoms with Gasteiger partial charge in [-0.05, 0) is 41.3 Å². The Balaban J connectivity index is 1.35. The molecule has 1 fully saturated rings. The van der Waals surface area contributed by atoms with Crippen LogP contribution in [-0.4, -0.2) is 56.2 Å². The van der Waals surface area contributed by atoms with Gasteiger partial charge in [-0.25, -0.2) is 0 Å². The van der Waals surface area contributed by atoms with Crippen molar-refractivity contribution in [3.8, 4) is 5.75 Å². The first-order valence-corrected chi connectivity index (χ1v) is 11.7. The molecule has 2 amide bonds. The molecule has 178 valence electrons. The van der Waals surface area contributed by atoms with Gasteiger partial charge in [0.25, 0.3) is 0 Å². The number of rotatable bonds is 11. The van der Waals surface area contributed by atoms with Crippen molar-refractivity contribution in [1.82, 2.24) is 10.2 Å². The Hall–Kier alpha value is -2.90. The normalized spacial score (nSPS) is 14.2. The molecule has 0 saturated carbocycles. The van der Waals surface area contributed by atoms with E-state index in [2.05, 4.69) is 41.5 Å². The molecule has 2 N–H and O–H groups in total. The Morgan fingerprint density at radius 3 is 2.52 bits per heavy atom. The highest BCUT2D eigenvalue weighted by Gasteiger charge is 2.12. The van der Waals surface area contributed by atoms with Crippen LogP contribution in [0.4, 0.5) is 5.69 Å². The van der Waals surface area contributed by atoms with Crippen molar-refractivity contribution < 1.29 is 19.1 Å². The lowest BCUT2D eigenvalue weighted by Gasteiger charge is -2.26. The maximum absolute atomic E-state index is 12.3. The summed E-state index contributed by atoms with van der Waals surface area (Å²) in [5.74, 6) is 1.16. The number of hydrogen-bond acceptors (Lipinski definition) is 5. The number of ether oxygens (including phenoxy) is 2. The molecule has 0 unspecified atom stereocenters. The van der Waals surface area contributed by atoms with Crippen molar-refractivity contribution in [2.24, 2.45) is 0 Å². The predicted molar refractivity (Wildman–Crippen MR) is 129 cm³/mol. The third kappa shape index (κ3) is 8.86. The summed E-state index contributed by atoms with van der Waals surface area (Å²) < 4.78 is 11.0. The molecular formula is C26H35N3O4. The molecule has 0 radical (unpaired) electrons. The molecule has 1 heterocycles. The van der Waals surface area contributed by atoms with E-state index in [1.807, 2.05) is 36.4 Å². The molecule has 2 aromatic carbocycles. The lowest BCUT2D eigenvalue weighted by Crippen LogP contribution is -2.38. The molecule has 1 aliphatic rings. The van der Waals surface area contributed by atoms with Crippen molar-refractivity contribution >= 4 is 17.5 Å². The minimum atomic E-state index is -0.0752. The van der Waals surface area contributed by atoms with Gasteiger partial charge in [-0.2, -0.15) is 0 Å². The predicted octanol–water partition coefficient (Wildman–Crippen LogP) is 3.56. The van der Waals surface area contributed by atoms with Gasteiger partial charge in [0.1, 0.15) is 5.75 Å². The highest BCUT2D eigenvalue weighted by atomic mass is 16.5. The lowest BCUT2D eigenvalue weighted by molar-refractivity contribution is -0.121. The number of morpholine rings is 1. The summed E-state index contributed by atoms with van der Waals surface area (Å²) in [7, 11) is 0. The van der Waals surface area contributed by atoms with Crippen molar-refractivity contribution in [3.63, 3.8) is 0 Å². The van der Waals surface area contributed by atoms with Gasteiger partial charge < -0.3 is 20.1 Å². The average Bonchev–Trinajstić information content (AvgIpc) is 2.83. The van der Waals surface area contributed by atoms with E-state index < -0.39 is 0 Å². The second-order valence-electron chi connectivity index (χ2n) is 8.55. The van der Waals surface area contributed by atoms with Crippen LogP contribution in [0.1, 0.15) is 43.7 Å². The van der Waals surface area contributed by atoms with Gasteiger partial charge in [-0.15, -0.1) is 0 Å². The Morgan fingerprint density at radius 2 is 1.79 bits per heavy atom. The van der Waals surface area contributed by atoms with Crippen LogP contribution in [0.25, 0.3) is 0 Å². The van der Waals surface area contributed by atoms with Crippen molar-refractivity contribution in [1.29, 1.82) is 0 Å². The molecule has 3 rings (SSSR count). The number of amides is 2. The van der Waals surface area contributed by atoms with E-state index in [0.29, 0.717) is 25.5 Å². The molecule has 0 atom stereocenters. The topological polar surface area (TPSA) is 79.9 Å². The smallest absolute Gasteiger partial charge is 0.225 e. The van der Waals surface area contributed by atoms with Crippen molar-refractivity contribution in [3.05, 3.63) is 59.7 Å². The zero-order valence-electron chi connectivity index (χ0n) is 19.6. The fourth-order valence-electron chi connectivity index (χ4n) is 3.57. The molecule has 0 aromatic heterocycles. The van der Waals surface area contributed by atoms with E-state index >= 15 is 0 Å². The zero-order valence-corrected chi connectivity index (χ0v) is 19.6. The number of carbonyl (C=O) groups is 2. The largest absolute Gasteiger partial charge is 0.493 e. The summed E-state index contributed by atoms with van der Waals surface area (Å²) in [5.41, 5.74) is 2.93. The molecule has 2 aromatic rings. The number of benzene rings is 2. The Morgan fingerprint density at radius 1 is 1.03 bits per heavy atom. The maximum Gasteiger partial charge on any atom is 0.225 e. The Kier molecular flexibility index (Phi) is 9.72. The van der Waals surface area contributed by atoms with Crippen molar-refractivity contribution in [2.75, 3.05) is 44.8 Å². The van der Waals surface area contributed by atoms with Gasteiger partial charge in [0, 0.05) is 38.3 Å². The van der Waals surface area contributed by atoms with E-state index in [-0.39, 0.29) is 18.2 Å². The molecule has 1 saturated heterocycles. The van der Waals surface area contributed by atoms with Crippen LogP contribution in [0.15, 0.2) is 48.5 Å². The fraction of sp³-hybridized carbons (Fsp3) is 0.462. The minimum absolute atomic E-state index is 0.0127. The molecule has 33 heavy (non-hydrogen) atoms. The average molecular weight is 454 g/mol. The molecule has 7 heteroatoms. The van der Waals surface area contributed by atoms with Crippen LogP contribution in [0.2, 0.25) is 0 Å². The van der Waals surface area contributed by atoms with E-state index in [1.165, 1.54) is 5.56 Å². The summed E-state index contributed by atoms with van der Waals surface area (Å²) in [6.07, 6.45) is 0.727. The van der Waals surface area contributed by atoms with Crippen LogP contribution in [-0.2, 0) is 20.9 Å². The minimum Gasteiger partial charge on any atom is -0.493 e. The second kappa shape index (κ2) is 13.0. The third-order valence-corrected chi connectivity index (χ3v) is 5.60. The Bertz CT molecular complexity index is 893. The Labute approximate surface area is 196 Å². The molecule has 1 aliphatic heterocycles. The van der Waals surface area contributed by atoms with Crippen molar-refractivity contribution in [2.45, 2.75) is 39.2 Å². The quantitative estimate of drug-likeness (QED) is 0.544. The van der Waals surface area contributed by atoms with Crippen LogP contribution in [0.3, 0.4) is 0 Å². The van der Waals surface area contributed by atoms with Gasteiger partial charge in [0.15, 0.2) is 0 Å². The van der Waals surface area contributed by atoms with Gasteiger partial charge in [-0.1, -0.05) is 38.1 Å². The first kappa shape index (κ1) is 24.7. The standard InChI is InChI=1S/C26H35N3O4/c1-20(2)22-6-8-24(9-7-22)33-15-11-25(30)27-19-21-4-3-5-23(18-21)28-26(31)10-12-29-13-16-32-17-14-29/h3-9,18,20H,10-17,19H2,1-2H3,(H,27,30)(H,28,31). The molecule has 0 spiro atoms. The van der Waals surface area contributed by atoms with Gasteiger partial charge in [0.2, 0.25) is 11.8 Å². The zero-order chi connectivity index (χ0) is 23.5. The second-order valence-corrected chi connectivity index (χ2v) is 8.55. The number of nitrogens with zero attached hydrogens (tertiary/aromatic N) is 1. The van der Waals surface area contributed by atoms with Gasteiger partial charge in [-0.3, -0.25) is 14.5 Å². The number of anilines is 1. The number of carbonyl (C=O) groups excluding carboxylic acids is 2. The van der Waals surface area contributed by atoms with Crippen LogP contribution in [0.5, 0.6) is 5.75 Å². The van der Waals surface area contributed by atoms with Crippen LogP contribution in [0, 0.1) is 0 Å². The first-order chi connectivity index (χ1) is 16.0. The highest BCUT2D eigenvalue weighted by Crippen LogP contribution is 2.18. The van der Waals surface area contributed by atoms with Gasteiger partial charge in [0.05, 0.1) is 26.2 Å². The van der Waals surface area contributed by atoms with E-state index in [0.717, 1.165) is 49.8 Å². The number of nitrogens with one attached hydrogen (secondary N) is 2. The lowest BCUT2D eigenvalue weighted by atomic mass is 10.0. The first-order valence-electron chi connectivity index (χ1n) is 11.7. The SMILES string of the molecule is CC(C)c1ccc(OCCC(=O)NCc2cccc(NC(=O)CCN3CCOCC3)c2)cc1. The summed E-state index contributed by atoms with van der Waals surface area (Å²) in [6.45, 7) is 8.96. The summed E-state index contributed by atoms with van der Waals surface area (Å²) in [6, 6.07) is 15.5. The molecule has 0 aliphatic carbocycles.